The van der Waals surface area contributed by atoms with Crippen molar-refractivity contribution < 1.29 is 9.53 Å². The Balaban J connectivity index is 1.81. The molecule has 0 amide bonds. The van der Waals surface area contributed by atoms with Crippen molar-refractivity contribution in [2.24, 2.45) is 5.92 Å². The van der Waals surface area contributed by atoms with Gasteiger partial charge in [0.1, 0.15) is 6.61 Å². The maximum Gasteiger partial charge on any atom is 0.309 e. The number of esters is 1. The Morgan fingerprint density at radius 1 is 1.18 bits per heavy atom. The van der Waals surface area contributed by atoms with Crippen LogP contribution in [-0.2, 0) is 16.1 Å². The molecule has 0 unspecified atom stereocenters. The summed E-state index contributed by atoms with van der Waals surface area (Å²) in [5, 5.41) is 0.701. The van der Waals surface area contributed by atoms with Crippen LogP contribution in [0.5, 0.6) is 0 Å². The molecule has 3 heteroatoms. The summed E-state index contributed by atoms with van der Waals surface area (Å²) in [5.74, 6) is 0.0794. The summed E-state index contributed by atoms with van der Waals surface area (Å²) in [6.07, 6.45) is 5.53. The lowest BCUT2D eigenvalue weighted by atomic mass is 9.89. The highest BCUT2D eigenvalue weighted by Gasteiger charge is 2.22. The molecule has 17 heavy (non-hydrogen) atoms. The largest absolute Gasteiger partial charge is 0.461 e. The highest BCUT2D eigenvalue weighted by atomic mass is 35.5. The molecular weight excluding hydrogens is 236 g/mol. The molecule has 0 saturated heterocycles. The second-order valence-electron chi connectivity index (χ2n) is 4.57. The molecule has 1 fully saturated rings. The molecule has 0 heterocycles. The van der Waals surface area contributed by atoms with Crippen molar-refractivity contribution in [3.05, 3.63) is 34.9 Å². The van der Waals surface area contributed by atoms with Crippen LogP contribution >= 0.6 is 11.6 Å². The molecule has 0 bridgehead atoms. The van der Waals surface area contributed by atoms with Gasteiger partial charge in [-0.25, -0.2) is 0 Å². The molecule has 2 nitrogen and oxygen atoms in total. The third kappa shape index (κ3) is 3.74. The van der Waals surface area contributed by atoms with Crippen LogP contribution in [0.25, 0.3) is 0 Å². The number of ether oxygens (including phenoxy) is 1. The molecule has 0 radical (unpaired) electrons. The van der Waals surface area contributed by atoms with Gasteiger partial charge in [-0.2, -0.15) is 0 Å². The van der Waals surface area contributed by atoms with E-state index in [9.17, 15) is 4.79 Å². The van der Waals surface area contributed by atoms with E-state index in [2.05, 4.69) is 0 Å². The number of hydrogen-bond acceptors (Lipinski definition) is 2. The summed E-state index contributed by atoms with van der Waals surface area (Å²) in [7, 11) is 0. The van der Waals surface area contributed by atoms with Crippen molar-refractivity contribution in [3.63, 3.8) is 0 Å². The molecule has 0 aliphatic heterocycles. The number of carbonyl (C=O) groups excluding carboxylic acids is 1. The van der Waals surface area contributed by atoms with Crippen LogP contribution in [0.3, 0.4) is 0 Å². The Morgan fingerprint density at radius 3 is 2.47 bits per heavy atom. The van der Waals surface area contributed by atoms with Crippen LogP contribution in [0.2, 0.25) is 5.02 Å². The second-order valence-corrected chi connectivity index (χ2v) is 5.01. The SMILES string of the molecule is O=C(OCc1ccc(Cl)cc1)C1CCCCC1. The Hall–Kier alpha value is -1.02. The molecule has 1 aliphatic rings. The number of rotatable bonds is 3. The quantitative estimate of drug-likeness (QED) is 0.761. The van der Waals surface area contributed by atoms with Crippen molar-refractivity contribution in [2.45, 2.75) is 38.7 Å². The standard InChI is InChI=1S/C14H17ClO2/c15-13-8-6-11(7-9-13)10-17-14(16)12-4-2-1-3-5-12/h6-9,12H,1-5,10H2. The van der Waals surface area contributed by atoms with Crippen molar-refractivity contribution >= 4 is 17.6 Å². The van der Waals surface area contributed by atoms with Gasteiger partial charge in [0.25, 0.3) is 0 Å². The van der Waals surface area contributed by atoms with Crippen LogP contribution in [0.1, 0.15) is 37.7 Å². The molecular formula is C14H17ClO2. The molecule has 92 valence electrons. The van der Waals surface area contributed by atoms with E-state index >= 15 is 0 Å². The Kier molecular flexibility index (Phi) is 4.43. The molecule has 0 aromatic heterocycles. The van der Waals surface area contributed by atoms with E-state index in [4.69, 9.17) is 16.3 Å². The first-order valence-corrected chi connectivity index (χ1v) is 6.54. The van der Waals surface area contributed by atoms with Gasteiger partial charge in [-0.3, -0.25) is 4.79 Å². The van der Waals surface area contributed by atoms with E-state index in [1.54, 1.807) is 0 Å². The second kappa shape index (κ2) is 6.06. The summed E-state index contributed by atoms with van der Waals surface area (Å²) in [4.78, 5) is 11.8. The topological polar surface area (TPSA) is 26.3 Å². The minimum atomic E-state index is -0.0420. The van der Waals surface area contributed by atoms with Crippen LogP contribution in [0.4, 0.5) is 0 Å². The third-order valence-corrected chi connectivity index (χ3v) is 3.48. The first kappa shape index (κ1) is 12.4. The molecule has 2 rings (SSSR count). The maximum atomic E-state index is 11.8. The summed E-state index contributed by atoms with van der Waals surface area (Å²) in [6.45, 7) is 0.354. The lowest BCUT2D eigenvalue weighted by molar-refractivity contribution is -0.151. The molecule has 1 saturated carbocycles. The van der Waals surface area contributed by atoms with Gasteiger partial charge in [-0.1, -0.05) is 43.0 Å². The molecule has 1 aromatic rings. The monoisotopic (exact) mass is 252 g/mol. The zero-order valence-corrected chi connectivity index (χ0v) is 10.6. The van der Waals surface area contributed by atoms with Crippen molar-refractivity contribution in [3.8, 4) is 0 Å². The Morgan fingerprint density at radius 2 is 1.82 bits per heavy atom. The summed E-state index contributed by atoms with van der Waals surface area (Å²) in [6, 6.07) is 7.39. The van der Waals surface area contributed by atoms with Crippen molar-refractivity contribution in [2.75, 3.05) is 0 Å². The highest BCUT2D eigenvalue weighted by Crippen LogP contribution is 2.25. The van der Waals surface area contributed by atoms with E-state index < -0.39 is 0 Å². The van der Waals surface area contributed by atoms with Gasteiger partial charge in [0.05, 0.1) is 5.92 Å². The first-order valence-electron chi connectivity index (χ1n) is 6.17. The normalized spacial score (nSPS) is 16.8. The minimum absolute atomic E-state index is 0.0420. The van der Waals surface area contributed by atoms with Crippen molar-refractivity contribution in [1.29, 1.82) is 0 Å². The zero-order chi connectivity index (χ0) is 12.1. The fourth-order valence-corrected chi connectivity index (χ4v) is 2.32. The van der Waals surface area contributed by atoms with Gasteiger partial charge in [0, 0.05) is 5.02 Å². The average Bonchev–Trinajstić information content (AvgIpc) is 2.39. The Labute approximate surface area is 107 Å². The third-order valence-electron chi connectivity index (χ3n) is 3.23. The summed E-state index contributed by atoms with van der Waals surface area (Å²) >= 11 is 5.79. The van der Waals surface area contributed by atoms with Crippen LogP contribution < -0.4 is 0 Å². The first-order chi connectivity index (χ1) is 8.25. The van der Waals surface area contributed by atoms with E-state index in [1.807, 2.05) is 24.3 Å². The molecule has 0 atom stereocenters. The fourth-order valence-electron chi connectivity index (χ4n) is 2.19. The number of carbonyl (C=O) groups is 1. The number of halogens is 1. The van der Waals surface area contributed by atoms with Gasteiger partial charge in [-0.15, -0.1) is 0 Å². The summed E-state index contributed by atoms with van der Waals surface area (Å²) < 4.78 is 5.33. The highest BCUT2D eigenvalue weighted by molar-refractivity contribution is 6.30. The van der Waals surface area contributed by atoms with Gasteiger partial charge < -0.3 is 4.74 Å². The lowest BCUT2D eigenvalue weighted by Gasteiger charge is -2.19. The van der Waals surface area contributed by atoms with Crippen molar-refractivity contribution in [1.82, 2.24) is 0 Å². The smallest absolute Gasteiger partial charge is 0.309 e. The van der Waals surface area contributed by atoms with Gasteiger partial charge in [0.2, 0.25) is 0 Å². The van der Waals surface area contributed by atoms with Crippen LogP contribution in [-0.4, -0.2) is 5.97 Å². The van der Waals surface area contributed by atoms with Gasteiger partial charge in [0.15, 0.2) is 0 Å². The van der Waals surface area contributed by atoms with Crippen LogP contribution in [0.15, 0.2) is 24.3 Å². The lowest BCUT2D eigenvalue weighted by Crippen LogP contribution is -2.20. The van der Waals surface area contributed by atoms with Crippen LogP contribution in [0, 0.1) is 5.92 Å². The molecule has 1 aliphatic carbocycles. The van der Waals surface area contributed by atoms with E-state index in [1.165, 1.54) is 6.42 Å². The summed E-state index contributed by atoms with van der Waals surface area (Å²) in [5.41, 5.74) is 0.985. The van der Waals surface area contributed by atoms with E-state index in [-0.39, 0.29) is 11.9 Å². The van der Waals surface area contributed by atoms with Gasteiger partial charge >= 0.3 is 5.97 Å². The number of hydrogen-bond donors (Lipinski definition) is 0. The van der Waals surface area contributed by atoms with E-state index in [0.717, 1.165) is 31.2 Å². The Bertz CT molecular complexity index is 366. The zero-order valence-electron chi connectivity index (χ0n) is 9.82. The fraction of sp³-hybridized carbons (Fsp3) is 0.500. The number of benzene rings is 1. The predicted molar refractivity (Wildman–Crippen MR) is 67.8 cm³/mol. The maximum absolute atomic E-state index is 11.8. The predicted octanol–water partition coefficient (Wildman–Crippen LogP) is 3.96. The minimum Gasteiger partial charge on any atom is -0.461 e. The van der Waals surface area contributed by atoms with Gasteiger partial charge in [-0.05, 0) is 30.5 Å². The molecule has 0 N–H and O–H groups in total. The molecule has 0 spiro atoms. The molecule has 1 aromatic carbocycles. The van der Waals surface area contributed by atoms with E-state index in [0.29, 0.717) is 11.6 Å². The average molecular weight is 253 g/mol.